The molecular weight excluding hydrogens is 435 g/mol. The van der Waals surface area contributed by atoms with Crippen LogP contribution >= 0.6 is 0 Å². The topological polar surface area (TPSA) is 86.7 Å². The molecule has 3 N–H and O–H groups in total. The van der Waals surface area contributed by atoms with Crippen molar-refractivity contribution in [3.8, 4) is 17.2 Å². The Morgan fingerprint density at radius 1 is 1.21 bits per heavy atom. The number of aliphatic imine (C=N–C) groups is 1. The second-order valence-corrected chi connectivity index (χ2v) is 7.02. The number of hydrogen-bond acceptors (Lipinski definition) is 6. The Morgan fingerprint density at radius 2 is 1.91 bits per heavy atom. The molecule has 0 spiro atoms. The summed E-state index contributed by atoms with van der Waals surface area (Å²) in [6.07, 6.45) is 4.87. The maximum absolute atomic E-state index is 13.5. The highest BCUT2D eigenvalue weighted by molar-refractivity contribution is 5.91. The molecule has 0 unspecified atom stereocenters. The van der Waals surface area contributed by atoms with Crippen LogP contribution in [0.15, 0.2) is 72.0 Å². The zero-order chi connectivity index (χ0) is 24.1. The van der Waals surface area contributed by atoms with E-state index < -0.39 is 17.5 Å². The van der Waals surface area contributed by atoms with E-state index in [4.69, 9.17) is 15.2 Å². The first kappa shape index (κ1) is 23.5. The van der Waals surface area contributed by atoms with Gasteiger partial charge in [-0.2, -0.15) is 4.99 Å². The van der Waals surface area contributed by atoms with Crippen molar-refractivity contribution in [3.63, 3.8) is 0 Å². The van der Waals surface area contributed by atoms with E-state index in [1.807, 2.05) is 23.8 Å². The van der Waals surface area contributed by atoms with Crippen molar-refractivity contribution in [3.05, 3.63) is 90.2 Å². The number of nitrogens with zero attached hydrogens (tertiary/aromatic N) is 3. The smallest absolute Gasteiger partial charge is 0.222 e. The number of halogens is 3. The number of anilines is 1. The number of aromatic nitrogens is 2. The molecule has 0 atom stereocenters. The van der Waals surface area contributed by atoms with Crippen molar-refractivity contribution in [2.24, 2.45) is 10.7 Å². The van der Waals surface area contributed by atoms with Crippen molar-refractivity contribution in [1.29, 1.82) is 0 Å². The fourth-order valence-electron chi connectivity index (χ4n) is 2.84. The lowest BCUT2D eigenvalue weighted by Gasteiger charge is -2.13. The fourth-order valence-corrected chi connectivity index (χ4v) is 2.84. The van der Waals surface area contributed by atoms with E-state index >= 15 is 0 Å². The number of ether oxygens (including phenoxy) is 2. The molecule has 0 fully saturated rings. The van der Waals surface area contributed by atoms with Crippen LogP contribution in [0.1, 0.15) is 12.6 Å². The number of hydrogen-bond donors (Lipinski definition) is 2. The van der Waals surface area contributed by atoms with E-state index in [9.17, 15) is 13.2 Å². The van der Waals surface area contributed by atoms with Gasteiger partial charge in [-0.05, 0) is 26.0 Å². The Hall–Kier alpha value is -4.21. The Balaban J connectivity index is 1.83. The molecule has 0 saturated heterocycles. The van der Waals surface area contributed by atoms with E-state index in [2.05, 4.69) is 21.9 Å². The van der Waals surface area contributed by atoms with Gasteiger partial charge in [-0.25, -0.2) is 18.2 Å². The molecule has 1 aromatic heterocycles. The van der Waals surface area contributed by atoms with Crippen LogP contribution in [-0.2, 0) is 0 Å². The molecule has 0 bridgehead atoms. The molecule has 0 aliphatic rings. The molecule has 0 aliphatic carbocycles. The molecule has 7 nitrogen and oxygen atoms in total. The highest BCUT2D eigenvalue weighted by Crippen LogP contribution is 2.27. The lowest BCUT2D eigenvalue weighted by Crippen LogP contribution is -2.11. The van der Waals surface area contributed by atoms with Gasteiger partial charge >= 0.3 is 0 Å². The van der Waals surface area contributed by atoms with Gasteiger partial charge in [0, 0.05) is 41.9 Å². The molecule has 3 rings (SSSR count). The minimum Gasteiger partial charge on any atom is -0.494 e. The molecule has 33 heavy (non-hydrogen) atoms. The number of nitrogens with two attached hydrogens (primary N) is 1. The van der Waals surface area contributed by atoms with Crippen LogP contribution in [0.3, 0.4) is 0 Å². The Labute approximate surface area is 188 Å². The molecule has 0 radical (unpaired) electrons. The number of aryl methyl sites for hydroxylation is 1. The van der Waals surface area contributed by atoms with Crippen LogP contribution < -0.4 is 20.5 Å². The van der Waals surface area contributed by atoms with Crippen LogP contribution in [0.5, 0.6) is 11.5 Å². The number of benzene rings is 2. The lowest BCUT2D eigenvalue weighted by molar-refractivity contribution is 0.413. The average molecular weight is 457 g/mol. The van der Waals surface area contributed by atoms with Crippen molar-refractivity contribution >= 4 is 11.6 Å². The Kier molecular flexibility index (Phi) is 7.07. The van der Waals surface area contributed by atoms with Crippen molar-refractivity contribution < 1.29 is 22.6 Å². The molecule has 1 heterocycles. The third-order valence-electron chi connectivity index (χ3n) is 4.23. The number of imidazole rings is 1. The minimum atomic E-state index is -1.60. The normalized spacial score (nSPS) is 11.9. The van der Waals surface area contributed by atoms with Gasteiger partial charge in [-0.15, -0.1) is 0 Å². The average Bonchev–Trinajstić information content (AvgIpc) is 3.17. The maximum atomic E-state index is 13.5. The highest BCUT2D eigenvalue weighted by atomic mass is 19.2. The summed E-state index contributed by atoms with van der Waals surface area (Å²) in [5.41, 5.74) is 8.25. The van der Waals surface area contributed by atoms with E-state index in [-0.39, 0.29) is 17.5 Å². The summed E-state index contributed by atoms with van der Waals surface area (Å²) in [6, 6.07) is 6.74. The zero-order valence-electron chi connectivity index (χ0n) is 18.2. The molecule has 3 aromatic rings. The molecular formula is C23H22F3N5O2. The summed E-state index contributed by atoms with van der Waals surface area (Å²) >= 11 is 0. The lowest BCUT2D eigenvalue weighted by atomic mass is 10.2. The van der Waals surface area contributed by atoms with Gasteiger partial charge in [0.1, 0.15) is 17.3 Å². The Morgan fingerprint density at radius 3 is 2.48 bits per heavy atom. The van der Waals surface area contributed by atoms with Gasteiger partial charge in [-0.3, -0.25) is 0 Å². The van der Waals surface area contributed by atoms with Gasteiger partial charge in [-0.1, -0.05) is 6.58 Å². The van der Waals surface area contributed by atoms with Crippen LogP contribution in [0.2, 0.25) is 0 Å². The number of nitrogens with one attached hydrogen (secondary N) is 1. The number of allylic oxidation sites excluding steroid dienone is 1. The van der Waals surface area contributed by atoms with Gasteiger partial charge in [0.25, 0.3) is 0 Å². The summed E-state index contributed by atoms with van der Waals surface area (Å²) in [5.74, 6) is -4.09. The van der Waals surface area contributed by atoms with Gasteiger partial charge in [0.05, 0.1) is 24.8 Å². The SMILES string of the molecule is C=C(N=C(/C=C(/C)N)Oc1cc(F)c(F)c(F)c1)Nc1ccc(-n2cnc(C)c2)c(OC)c1. The van der Waals surface area contributed by atoms with Gasteiger partial charge in [0.2, 0.25) is 5.90 Å². The predicted molar refractivity (Wildman–Crippen MR) is 120 cm³/mol. The minimum absolute atomic E-state index is 0.115. The van der Waals surface area contributed by atoms with E-state index in [0.29, 0.717) is 29.3 Å². The zero-order valence-corrected chi connectivity index (χ0v) is 18.2. The summed E-state index contributed by atoms with van der Waals surface area (Å²) in [7, 11) is 1.54. The first-order chi connectivity index (χ1) is 15.7. The largest absolute Gasteiger partial charge is 0.494 e. The first-order valence-electron chi connectivity index (χ1n) is 9.66. The van der Waals surface area contributed by atoms with Gasteiger partial charge in [0.15, 0.2) is 17.5 Å². The molecule has 0 saturated carbocycles. The third kappa shape index (κ3) is 5.94. The second kappa shape index (κ2) is 9.94. The predicted octanol–water partition coefficient (Wildman–Crippen LogP) is 4.83. The molecule has 2 aromatic carbocycles. The van der Waals surface area contributed by atoms with Crippen LogP contribution in [-0.4, -0.2) is 22.6 Å². The molecule has 0 amide bonds. The molecule has 172 valence electrons. The standard InChI is InChI=1S/C23H22F3N5O2/c1-13(27)7-22(33-17-9-18(24)23(26)19(25)10-17)30-15(3)29-16-5-6-20(21(8-16)32-4)31-11-14(2)28-12-31/h5-12,29H,3,27H2,1-2,4H3/b13-7-,30-22?. The van der Waals surface area contributed by atoms with Crippen LogP contribution in [0, 0.1) is 24.4 Å². The monoisotopic (exact) mass is 457 g/mol. The maximum Gasteiger partial charge on any atom is 0.222 e. The summed E-state index contributed by atoms with van der Waals surface area (Å²) < 4.78 is 52.9. The summed E-state index contributed by atoms with van der Waals surface area (Å²) in [6.45, 7) is 7.27. The van der Waals surface area contributed by atoms with Crippen LogP contribution in [0.25, 0.3) is 5.69 Å². The van der Waals surface area contributed by atoms with Crippen molar-refractivity contribution in [2.45, 2.75) is 13.8 Å². The van der Waals surface area contributed by atoms with E-state index in [1.54, 1.807) is 32.5 Å². The van der Waals surface area contributed by atoms with Crippen molar-refractivity contribution in [1.82, 2.24) is 9.55 Å². The molecule has 10 heteroatoms. The quantitative estimate of drug-likeness (QED) is 0.302. The van der Waals surface area contributed by atoms with Gasteiger partial charge < -0.3 is 25.1 Å². The Bertz CT molecular complexity index is 1220. The van der Waals surface area contributed by atoms with E-state index in [0.717, 1.165) is 11.4 Å². The summed E-state index contributed by atoms with van der Waals surface area (Å²) in [4.78, 5) is 8.37. The number of methoxy groups -OCH3 is 1. The second-order valence-electron chi connectivity index (χ2n) is 7.02. The van der Waals surface area contributed by atoms with Crippen molar-refractivity contribution in [2.75, 3.05) is 12.4 Å². The fraction of sp³-hybridized carbons (Fsp3) is 0.130. The van der Waals surface area contributed by atoms with E-state index in [1.165, 1.54) is 6.08 Å². The van der Waals surface area contributed by atoms with Crippen LogP contribution in [0.4, 0.5) is 18.9 Å². The molecule has 0 aliphatic heterocycles. The first-order valence-corrected chi connectivity index (χ1v) is 9.66. The summed E-state index contributed by atoms with van der Waals surface area (Å²) in [5, 5.41) is 2.98. The third-order valence-corrected chi connectivity index (χ3v) is 4.23. The number of rotatable bonds is 7. The highest BCUT2D eigenvalue weighted by Gasteiger charge is 2.13.